The summed E-state index contributed by atoms with van der Waals surface area (Å²) in [7, 11) is 1.21. The second-order valence-electron chi connectivity index (χ2n) is 7.46. The van der Waals surface area contributed by atoms with E-state index in [0.29, 0.717) is 36.4 Å². The van der Waals surface area contributed by atoms with Crippen molar-refractivity contribution >= 4 is 17.3 Å². The highest BCUT2D eigenvalue weighted by Crippen LogP contribution is 2.57. The topological polar surface area (TPSA) is 102 Å². The number of aromatic hydroxyl groups is 3. The Morgan fingerprint density at radius 1 is 0.714 bits per heavy atom. The van der Waals surface area contributed by atoms with Crippen LogP contribution in [0.3, 0.4) is 0 Å². The van der Waals surface area contributed by atoms with Crippen molar-refractivity contribution in [2.24, 2.45) is 0 Å². The van der Waals surface area contributed by atoms with E-state index in [1.165, 1.54) is 7.05 Å². The molecular weight excluding hydrogens is 482 g/mol. The van der Waals surface area contributed by atoms with E-state index in [9.17, 15) is 46.5 Å². The van der Waals surface area contributed by atoms with Gasteiger partial charge in [-0.2, -0.15) is 26.3 Å². The number of carbonyl (C=O) groups is 1. The Bertz CT molecular complexity index is 1230. The van der Waals surface area contributed by atoms with Crippen LogP contribution in [0, 0.1) is 0 Å². The van der Waals surface area contributed by atoms with Gasteiger partial charge in [-0.3, -0.25) is 4.79 Å². The zero-order chi connectivity index (χ0) is 26.2. The number of rotatable bonds is 5. The molecule has 0 saturated heterocycles. The number of hydrogen-bond donors (Lipinski definition) is 5. The first-order chi connectivity index (χ1) is 16.2. The molecule has 0 heterocycles. The predicted molar refractivity (Wildman–Crippen MR) is 115 cm³/mol. The minimum atomic E-state index is -5.93. The molecule has 3 rings (SSSR count). The standard InChI is InChI=1S/C23H18F6N2O4/c1-30-16-10-13(4-8-18(16)33)21(22(24,25)26,23(27,28)29)14-5-9-19(34)17(11-14)31-20(35)12-2-6-15(32)7-3-12/h2-11,30,32-34H,1H3,(H,31,35). The number of hydrogen-bond acceptors (Lipinski definition) is 5. The van der Waals surface area contributed by atoms with E-state index in [4.69, 9.17) is 0 Å². The van der Waals surface area contributed by atoms with Crippen molar-refractivity contribution in [3.63, 3.8) is 0 Å². The van der Waals surface area contributed by atoms with Gasteiger partial charge in [0.2, 0.25) is 5.41 Å². The summed E-state index contributed by atoms with van der Waals surface area (Å²) in [5.74, 6) is -2.48. The van der Waals surface area contributed by atoms with Crippen molar-refractivity contribution in [1.82, 2.24) is 0 Å². The van der Waals surface area contributed by atoms with Crippen molar-refractivity contribution < 1.29 is 46.5 Å². The SMILES string of the molecule is CNc1cc(C(c2ccc(O)c(NC(=O)c3ccc(O)cc3)c2)(C(F)(F)F)C(F)(F)F)ccc1O. The van der Waals surface area contributed by atoms with Crippen LogP contribution in [0.1, 0.15) is 21.5 Å². The van der Waals surface area contributed by atoms with Gasteiger partial charge < -0.3 is 26.0 Å². The monoisotopic (exact) mass is 500 g/mol. The average Bonchev–Trinajstić information content (AvgIpc) is 2.75. The van der Waals surface area contributed by atoms with Crippen molar-refractivity contribution in [3.05, 3.63) is 77.4 Å². The van der Waals surface area contributed by atoms with Gasteiger partial charge in [-0.15, -0.1) is 0 Å². The number of carbonyl (C=O) groups excluding carboxylic acids is 1. The van der Waals surface area contributed by atoms with Gasteiger partial charge in [0.25, 0.3) is 5.91 Å². The molecule has 12 heteroatoms. The zero-order valence-corrected chi connectivity index (χ0v) is 17.8. The highest BCUT2D eigenvalue weighted by atomic mass is 19.4. The lowest BCUT2D eigenvalue weighted by molar-refractivity contribution is -0.288. The highest BCUT2D eigenvalue weighted by Gasteiger charge is 2.72. The first kappa shape index (κ1) is 25.5. The summed E-state index contributed by atoms with van der Waals surface area (Å²) < 4.78 is 86.4. The van der Waals surface area contributed by atoms with Gasteiger partial charge in [0.15, 0.2) is 0 Å². The van der Waals surface area contributed by atoms with E-state index in [0.717, 1.165) is 24.3 Å². The largest absolute Gasteiger partial charge is 0.508 e. The van der Waals surface area contributed by atoms with E-state index in [2.05, 4.69) is 10.6 Å². The number of amides is 1. The molecule has 0 fully saturated rings. The third-order valence-electron chi connectivity index (χ3n) is 5.36. The van der Waals surface area contributed by atoms with Gasteiger partial charge in [-0.25, -0.2) is 0 Å². The fourth-order valence-corrected chi connectivity index (χ4v) is 3.63. The van der Waals surface area contributed by atoms with Crippen molar-refractivity contribution in [2.45, 2.75) is 17.8 Å². The summed E-state index contributed by atoms with van der Waals surface area (Å²) in [5, 5.41) is 33.6. The average molecular weight is 500 g/mol. The molecule has 0 aliphatic rings. The molecule has 0 saturated carbocycles. The maximum absolute atomic E-state index is 14.4. The maximum Gasteiger partial charge on any atom is 0.411 e. The molecule has 186 valence electrons. The number of anilines is 2. The van der Waals surface area contributed by atoms with Crippen molar-refractivity contribution in [3.8, 4) is 17.2 Å². The lowest BCUT2D eigenvalue weighted by atomic mass is 9.72. The second-order valence-corrected chi connectivity index (χ2v) is 7.46. The normalized spacial score (nSPS) is 12.3. The Morgan fingerprint density at radius 2 is 1.17 bits per heavy atom. The molecule has 0 aliphatic heterocycles. The van der Waals surface area contributed by atoms with E-state index in [-0.39, 0.29) is 17.0 Å². The molecule has 0 aliphatic carbocycles. The summed E-state index contributed by atoms with van der Waals surface area (Å²) >= 11 is 0. The highest BCUT2D eigenvalue weighted by molar-refractivity contribution is 6.05. The summed E-state index contributed by atoms with van der Waals surface area (Å²) in [4.78, 5) is 12.4. The Morgan fingerprint density at radius 3 is 1.63 bits per heavy atom. The number of halogens is 6. The van der Waals surface area contributed by atoms with Crippen molar-refractivity contribution in [2.75, 3.05) is 17.7 Å². The Hall–Kier alpha value is -4.09. The van der Waals surface area contributed by atoms with E-state index >= 15 is 0 Å². The fraction of sp³-hybridized carbons (Fsp3) is 0.174. The first-order valence-corrected chi connectivity index (χ1v) is 9.81. The second kappa shape index (κ2) is 8.93. The predicted octanol–water partition coefficient (Wildman–Crippen LogP) is 5.51. The zero-order valence-electron chi connectivity index (χ0n) is 17.8. The summed E-state index contributed by atoms with van der Waals surface area (Å²) in [6.45, 7) is 0. The fourth-order valence-electron chi connectivity index (χ4n) is 3.63. The summed E-state index contributed by atoms with van der Waals surface area (Å²) in [6, 6.07) is 7.79. The summed E-state index contributed by atoms with van der Waals surface area (Å²) in [6.07, 6.45) is -11.9. The number of phenols is 3. The van der Waals surface area contributed by atoms with Crippen LogP contribution < -0.4 is 10.6 Å². The van der Waals surface area contributed by atoms with E-state index < -0.39 is 52.0 Å². The van der Waals surface area contributed by atoms with E-state index in [1.54, 1.807) is 0 Å². The quantitative estimate of drug-likeness (QED) is 0.235. The molecule has 0 spiro atoms. The molecule has 6 nitrogen and oxygen atoms in total. The van der Waals surface area contributed by atoms with E-state index in [1.807, 2.05) is 0 Å². The molecule has 0 bridgehead atoms. The smallest absolute Gasteiger partial charge is 0.411 e. The van der Waals surface area contributed by atoms with Crippen LogP contribution in [0.4, 0.5) is 37.7 Å². The number of nitrogens with one attached hydrogen (secondary N) is 2. The molecule has 1 amide bonds. The molecule has 35 heavy (non-hydrogen) atoms. The summed E-state index contributed by atoms with van der Waals surface area (Å²) in [5.41, 5.74) is -8.32. The number of phenolic OH excluding ortho intramolecular Hbond substituents is 3. The van der Waals surface area contributed by atoms with Crippen molar-refractivity contribution in [1.29, 1.82) is 0 Å². The van der Waals surface area contributed by atoms with Gasteiger partial charge in [-0.05, 0) is 59.7 Å². The molecule has 0 unspecified atom stereocenters. The van der Waals surface area contributed by atoms with Crippen LogP contribution in [0.5, 0.6) is 17.2 Å². The lowest BCUT2D eigenvalue weighted by Gasteiger charge is -2.38. The van der Waals surface area contributed by atoms with Crippen LogP contribution in [-0.4, -0.2) is 40.6 Å². The van der Waals surface area contributed by atoms with Crippen LogP contribution in [-0.2, 0) is 5.41 Å². The minimum Gasteiger partial charge on any atom is -0.508 e. The Kier molecular flexibility index (Phi) is 6.51. The Labute approximate surface area is 194 Å². The molecular formula is C23H18F6N2O4. The third-order valence-corrected chi connectivity index (χ3v) is 5.36. The molecule has 0 atom stereocenters. The van der Waals surface area contributed by atoms with Crippen LogP contribution >= 0.6 is 0 Å². The maximum atomic E-state index is 14.4. The molecule has 3 aromatic rings. The molecule has 3 aromatic carbocycles. The minimum absolute atomic E-state index is 0.0808. The van der Waals surface area contributed by atoms with Crippen LogP contribution in [0.15, 0.2) is 60.7 Å². The molecule has 0 aromatic heterocycles. The first-order valence-electron chi connectivity index (χ1n) is 9.81. The van der Waals surface area contributed by atoms with Gasteiger partial charge in [0, 0.05) is 12.6 Å². The van der Waals surface area contributed by atoms with Gasteiger partial charge in [-0.1, -0.05) is 12.1 Å². The van der Waals surface area contributed by atoms with Gasteiger partial charge >= 0.3 is 12.4 Å². The molecule has 5 N–H and O–H groups in total. The molecule has 0 radical (unpaired) electrons. The van der Waals surface area contributed by atoms with Crippen LogP contribution in [0.2, 0.25) is 0 Å². The van der Waals surface area contributed by atoms with Gasteiger partial charge in [0.05, 0.1) is 11.4 Å². The number of benzene rings is 3. The van der Waals surface area contributed by atoms with Gasteiger partial charge in [0.1, 0.15) is 17.2 Å². The number of alkyl halides is 6. The third kappa shape index (κ3) is 4.51. The van der Waals surface area contributed by atoms with Crippen LogP contribution in [0.25, 0.3) is 0 Å². The Balaban J connectivity index is 2.23. The lowest BCUT2D eigenvalue weighted by Crippen LogP contribution is -2.54.